The summed E-state index contributed by atoms with van der Waals surface area (Å²) in [4.78, 5) is 14.7. The Bertz CT molecular complexity index is 309. The fraction of sp³-hybridized carbons (Fsp3) is 0.500. The van der Waals surface area contributed by atoms with Crippen LogP contribution in [0.4, 0.5) is 0 Å². The summed E-state index contributed by atoms with van der Waals surface area (Å²) in [5.74, 6) is -0.745. The molecule has 0 aromatic rings. The maximum Gasteiger partial charge on any atom is 0.352 e. The lowest BCUT2D eigenvalue weighted by molar-refractivity contribution is -0.133. The van der Waals surface area contributed by atoms with Crippen molar-refractivity contribution < 1.29 is 9.90 Å². The van der Waals surface area contributed by atoms with Gasteiger partial charge in [-0.1, -0.05) is 11.6 Å². The summed E-state index contributed by atoms with van der Waals surface area (Å²) in [5.41, 5.74) is 0.108. The smallest absolute Gasteiger partial charge is 0.352 e. The molecule has 0 spiro atoms. The molecular formula is C8H9ClN2O2. The lowest BCUT2D eigenvalue weighted by atomic mass is 10.2. The molecule has 1 unspecified atom stereocenters. The molecule has 1 aliphatic heterocycles. The Morgan fingerprint density at radius 2 is 2.46 bits per heavy atom. The minimum atomic E-state index is -1.00. The molecule has 2 N–H and O–H groups in total. The molecule has 1 atom stereocenters. The first kappa shape index (κ1) is 8.56. The Morgan fingerprint density at radius 3 is 3.00 bits per heavy atom. The molecule has 0 amide bonds. The molecule has 0 radical (unpaired) electrons. The molecule has 1 saturated carbocycles. The van der Waals surface area contributed by atoms with Gasteiger partial charge in [0.15, 0.2) is 0 Å². The Balaban J connectivity index is 2.17. The SMILES string of the molecule is O=C(O)C1=CC=NC(Cl)(C2CC2)N1. The molecule has 0 aromatic carbocycles. The van der Waals surface area contributed by atoms with E-state index in [4.69, 9.17) is 16.7 Å². The minimum absolute atomic E-state index is 0.108. The summed E-state index contributed by atoms with van der Waals surface area (Å²) >= 11 is 6.10. The molecule has 13 heavy (non-hydrogen) atoms. The highest BCUT2D eigenvalue weighted by Gasteiger charge is 2.45. The Kier molecular flexibility index (Phi) is 1.80. The highest BCUT2D eigenvalue weighted by atomic mass is 35.5. The second kappa shape index (κ2) is 2.73. The van der Waals surface area contributed by atoms with Gasteiger partial charge in [-0.05, 0) is 18.9 Å². The first-order valence-corrected chi connectivity index (χ1v) is 4.45. The van der Waals surface area contributed by atoms with Crippen LogP contribution in [-0.2, 0) is 4.79 Å². The fourth-order valence-corrected chi connectivity index (χ4v) is 1.66. The number of carboxylic acids is 1. The van der Waals surface area contributed by atoms with Crippen molar-refractivity contribution in [3.63, 3.8) is 0 Å². The zero-order valence-electron chi connectivity index (χ0n) is 6.83. The topological polar surface area (TPSA) is 61.7 Å². The zero-order chi connectivity index (χ0) is 9.47. The normalized spacial score (nSPS) is 32.2. The average molecular weight is 201 g/mol. The first-order valence-electron chi connectivity index (χ1n) is 4.08. The maximum atomic E-state index is 10.6. The number of rotatable bonds is 2. The van der Waals surface area contributed by atoms with E-state index < -0.39 is 11.1 Å². The van der Waals surface area contributed by atoms with Crippen LogP contribution in [0.15, 0.2) is 16.8 Å². The van der Waals surface area contributed by atoms with Gasteiger partial charge in [-0.15, -0.1) is 0 Å². The van der Waals surface area contributed by atoms with Gasteiger partial charge in [0.25, 0.3) is 0 Å². The highest BCUT2D eigenvalue weighted by Crippen LogP contribution is 2.44. The van der Waals surface area contributed by atoms with Gasteiger partial charge in [0.2, 0.25) is 5.12 Å². The van der Waals surface area contributed by atoms with Crippen LogP contribution in [0.2, 0.25) is 0 Å². The lowest BCUT2D eigenvalue weighted by Gasteiger charge is -2.27. The number of allylic oxidation sites excluding steroid dienone is 1. The van der Waals surface area contributed by atoms with E-state index in [9.17, 15) is 4.79 Å². The number of halogens is 1. The van der Waals surface area contributed by atoms with Gasteiger partial charge in [-0.3, -0.25) is 0 Å². The summed E-state index contributed by atoms with van der Waals surface area (Å²) in [6.07, 6.45) is 4.86. The van der Waals surface area contributed by atoms with Crippen LogP contribution in [0, 0.1) is 5.92 Å². The number of aliphatic carboxylic acids is 1. The molecule has 1 heterocycles. The molecule has 2 rings (SSSR count). The van der Waals surface area contributed by atoms with Crippen LogP contribution in [0.25, 0.3) is 0 Å². The van der Waals surface area contributed by atoms with Gasteiger partial charge < -0.3 is 10.4 Å². The average Bonchev–Trinajstić information content (AvgIpc) is 2.86. The van der Waals surface area contributed by atoms with Crippen molar-refractivity contribution in [2.24, 2.45) is 10.9 Å². The molecule has 70 valence electrons. The minimum Gasteiger partial charge on any atom is -0.477 e. The monoisotopic (exact) mass is 200 g/mol. The third-order valence-corrected chi connectivity index (χ3v) is 2.66. The number of nitrogens with zero attached hydrogens (tertiary/aromatic N) is 1. The van der Waals surface area contributed by atoms with E-state index in [1.165, 1.54) is 12.3 Å². The lowest BCUT2D eigenvalue weighted by Crippen LogP contribution is -2.43. The van der Waals surface area contributed by atoms with Crippen LogP contribution in [0.1, 0.15) is 12.8 Å². The molecule has 0 aromatic heterocycles. The van der Waals surface area contributed by atoms with E-state index in [1.807, 2.05) is 0 Å². The van der Waals surface area contributed by atoms with Gasteiger partial charge in [0.1, 0.15) is 5.70 Å². The number of nitrogens with one attached hydrogen (secondary N) is 1. The number of carbonyl (C=O) groups is 1. The Labute approximate surface area is 80.3 Å². The van der Waals surface area contributed by atoms with Crippen molar-refractivity contribution in [3.8, 4) is 0 Å². The van der Waals surface area contributed by atoms with Gasteiger partial charge >= 0.3 is 5.97 Å². The van der Waals surface area contributed by atoms with Crippen LogP contribution in [0.5, 0.6) is 0 Å². The van der Waals surface area contributed by atoms with Crippen molar-refractivity contribution in [3.05, 3.63) is 11.8 Å². The molecule has 2 aliphatic rings. The van der Waals surface area contributed by atoms with Crippen molar-refractivity contribution in [1.82, 2.24) is 5.32 Å². The fourth-order valence-electron chi connectivity index (χ4n) is 1.28. The number of alkyl halides is 1. The zero-order valence-corrected chi connectivity index (χ0v) is 7.58. The summed E-state index contributed by atoms with van der Waals surface area (Å²) in [6, 6.07) is 0. The number of aliphatic imine (C=N–C) groups is 1. The van der Waals surface area contributed by atoms with Crippen molar-refractivity contribution >= 4 is 23.8 Å². The maximum absolute atomic E-state index is 10.6. The molecule has 0 bridgehead atoms. The number of hydrogen-bond donors (Lipinski definition) is 2. The van der Waals surface area contributed by atoms with Gasteiger partial charge in [-0.25, -0.2) is 9.79 Å². The van der Waals surface area contributed by atoms with Crippen LogP contribution < -0.4 is 5.32 Å². The van der Waals surface area contributed by atoms with E-state index in [0.717, 1.165) is 12.8 Å². The Hall–Kier alpha value is -1.03. The van der Waals surface area contributed by atoms with E-state index in [-0.39, 0.29) is 11.6 Å². The third-order valence-electron chi connectivity index (χ3n) is 2.16. The second-order valence-electron chi connectivity index (χ2n) is 3.24. The van der Waals surface area contributed by atoms with Crippen LogP contribution in [0.3, 0.4) is 0 Å². The quantitative estimate of drug-likeness (QED) is 0.515. The van der Waals surface area contributed by atoms with E-state index in [1.54, 1.807) is 0 Å². The number of hydrogen-bond acceptors (Lipinski definition) is 3. The van der Waals surface area contributed by atoms with Crippen molar-refractivity contribution in [1.29, 1.82) is 0 Å². The van der Waals surface area contributed by atoms with Crippen molar-refractivity contribution in [2.45, 2.75) is 18.0 Å². The summed E-state index contributed by atoms with van der Waals surface area (Å²) in [6.45, 7) is 0. The van der Waals surface area contributed by atoms with E-state index >= 15 is 0 Å². The predicted octanol–water partition coefficient (Wildman–Crippen LogP) is 0.931. The molecule has 5 heteroatoms. The summed E-state index contributed by atoms with van der Waals surface area (Å²) < 4.78 is 0. The van der Waals surface area contributed by atoms with Gasteiger partial charge in [0.05, 0.1) is 0 Å². The van der Waals surface area contributed by atoms with Crippen molar-refractivity contribution in [2.75, 3.05) is 0 Å². The van der Waals surface area contributed by atoms with E-state index in [2.05, 4.69) is 10.3 Å². The van der Waals surface area contributed by atoms with Gasteiger partial charge in [-0.2, -0.15) is 0 Å². The number of carboxylic acid groups (broad SMARTS) is 1. The Morgan fingerprint density at radius 1 is 1.77 bits per heavy atom. The molecule has 4 nitrogen and oxygen atoms in total. The van der Waals surface area contributed by atoms with Crippen LogP contribution >= 0.6 is 11.6 Å². The molecule has 1 fully saturated rings. The third kappa shape index (κ3) is 1.54. The first-order chi connectivity index (χ1) is 6.12. The summed E-state index contributed by atoms with van der Waals surface area (Å²) in [7, 11) is 0. The van der Waals surface area contributed by atoms with Crippen LogP contribution in [-0.4, -0.2) is 22.4 Å². The standard InChI is InChI=1S/C8H9ClN2O2/c9-8(5-1-2-5)10-4-3-6(11-8)7(12)13/h3-5,11H,1-2H2,(H,12,13). The largest absolute Gasteiger partial charge is 0.477 e. The molecule has 1 aliphatic carbocycles. The van der Waals surface area contributed by atoms with E-state index in [0.29, 0.717) is 0 Å². The highest BCUT2D eigenvalue weighted by molar-refractivity contribution is 6.25. The second-order valence-corrected chi connectivity index (χ2v) is 3.81. The summed E-state index contributed by atoms with van der Waals surface area (Å²) in [5, 5.41) is 10.5. The van der Waals surface area contributed by atoms with Gasteiger partial charge in [0, 0.05) is 12.1 Å². The predicted molar refractivity (Wildman–Crippen MR) is 48.7 cm³/mol. The molecular weight excluding hydrogens is 192 g/mol. The molecule has 0 saturated heterocycles.